The van der Waals surface area contributed by atoms with E-state index in [1.165, 1.54) is 0 Å². The summed E-state index contributed by atoms with van der Waals surface area (Å²) >= 11 is 7.64. The van der Waals surface area contributed by atoms with E-state index in [4.69, 9.17) is 17.3 Å². The Morgan fingerprint density at radius 3 is 3.00 bits per heavy atom. The molecule has 0 aromatic heterocycles. The van der Waals surface area contributed by atoms with Crippen LogP contribution in [0.1, 0.15) is 12.0 Å². The van der Waals surface area contributed by atoms with Crippen LogP contribution in [-0.2, 0) is 4.79 Å². The number of carbonyl (C=O) groups excluding carboxylic acids is 1. The maximum atomic E-state index is 11.6. The summed E-state index contributed by atoms with van der Waals surface area (Å²) in [6.45, 7) is 0.304. The van der Waals surface area contributed by atoms with Gasteiger partial charge in [-0.2, -0.15) is 11.8 Å². The van der Waals surface area contributed by atoms with Gasteiger partial charge in [-0.1, -0.05) is 23.4 Å². The van der Waals surface area contributed by atoms with Crippen molar-refractivity contribution >= 4 is 35.0 Å². The standard InChI is InChI=1S/C13H15ClN2OS/c1-18-8-6-13(17)16-12-9-10(3-2-7-15)4-5-11(12)14/h4-5,9H,6-8,15H2,1H3,(H,16,17). The van der Waals surface area contributed by atoms with Gasteiger partial charge in [-0.3, -0.25) is 4.79 Å². The molecule has 0 radical (unpaired) electrons. The van der Waals surface area contributed by atoms with Crippen molar-refractivity contribution in [2.75, 3.05) is 23.9 Å². The molecule has 18 heavy (non-hydrogen) atoms. The highest BCUT2D eigenvalue weighted by Crippen LogP contribution is 2.23. The van der Waals surface area contributed by atoms with Gasteiger partial charge in [-0.05, 0) is 24.5 Å². The molecule has 0 aliphatic rings. The lowest BCUT2D eigenvalue weighted by molar-refractivity contribution is -0.115. The van der Waals surface area contributed by atoms with E-state index < -0.39 is 0 Å². The lowest BCUT2D eigenvalue weighted by atomic mass is 10.2. The summed E-state index contributed by atoms with van der Waals surface area (Å²) in [6, 6.07) is 5.26. The summed E-state index contributed by atoms with van der Waals surface area (Å²) < 4.78 is 0. The van der Waals surface area contributed by atoms with Crippen LogP contribution in [0.25, 0.3) is 0 Å². The summed E-state index contributed by atoms with van der Waals surface area (Å²) in [6.07, 6.45) is 2.43. The Kier molecular flexibility index (Phi) is 6.66. The predicted octanol–water partition coefficient (Wildman–Crippen LogP) is 2.34. The molecule has 1 aromatic carbocycles. The van der Waals surface area contributed by atoms with Crippen LogP contribution in [0.3, 0.4) is 0 Å². The molecule has 0 heterocycles. The van der Waals surface area contributed by atoms with Crippen molar-refractivity contribution in [1.29, 1.82) is 0 Å². The third-order valence-corrected chi connectivity index (χ3v) is 3.05. The molecule has 1 amide bonds. The summed E-state index contributed by atoms with van der Waals surface area (Å²) in [5, 5.41) is 3.28. The molecule has 0 atom stereocenters. The van der Waals surface area contributed by atoms with Gasteiger partial charge < -0.3 is 11.1 Å². The molecule has 0 spiro atoms. The highest BCUT2D eigenvalue weighted by atomic mass is 35.5. The van der Waals surface area contributed by atoms with Gasteiger partial charge in [0.05, 0.1) is 17.3 Å². The predicted molar refractivity (Wildman–Crippen MR) is 79.0 cm³/mol. The first kappa shape index (κ1) is 14.9. The molecule has 0 fully saturated rings. The fraction of sp³-hybridized carbons (Fsp3) is 0.308. The maximum Gasteiger partial charge on any atom is 0.225 e. The molecule has 0 saturated carbocycles. The normalized spacial score (nSPS) is 9.50. The van der Waals surface area contributed by atoms with Crippen molar-refractivity contribution < 1.29 is 4.79 Å². The Hall–Kier alpha value is -1.15. The van der Waals surface area contributed by atoms with E-state index in [0.717, 1.165) is 11.3 Å². The molecular formula is C13H15ClN2OS. The van der Waals surface area contributed by atoms with E-state index in [-0.39, 0.29) is 5.91 Å². The second-order valence-electron chi connectivity index (χ2n) is 3.49. The van der Waals surface area contributed by atoms with E-state index in [0.29, 0.717) is 23.7 Å². The van der Waals surface area contributed by atoms with Crippen molar-refractivity contribution in [2.24, 2.45) is 5.73 Å². The minimum absolute atomic E-state index is 0.0461. The molecule has 0 aliphatic carbocycles. The van der Waals surface area contributed by atoms with Crippen LogP contribution < -0.4 is 11.1 Å². The SMILES string of the molecule is CSCCC(=O)Nc1cc(C#CCN)ccc1Cl. The first-order chi connectivity index (χ1) is 8.67. The first-order valence-electron chi connectivity index (χ1n) is 5.44. The Morgan fingerprint density at radius 1 is 1.56 bits per heavy atom. The summed E-state index contributed by atoms with van der Waals surface area (Å²) in [5.74, 6) is 6.40. The molecular weight excluding hydrogens is 268 g/mol. The number of halogens is 1. The van der Waals surface area contributed by atoms with Gasteiger partial charge in [0, 0.05) is 17.7 Å². The van der Waals surface area contributed by atoms with Crippen LogP contribution in [0.15, 0.2) is 18.2 Å². The summed E-state index contributed by atoms with van der Waals surface area (Å²) in [5.41, 5.74) is 6.68. The number of hydrogen-bond acceptors (Lipinski definition) is 3. The number of thioether (sulfide) groups is 1. The second kappa shape index (κ2) is 8.04. The Morgan fingerprint density at radius 2 is 2.33 bits per heavy atom. The van der Waals surface area contributed by atoms with E-state index in [1.54, 1.807) is 30.0 Å². The van der Waals surface area contributed by atoms with Crippen LogP contribution in [-0.4, -0.2) is 24.5 Å². The molecule has 3 nitrogen and oxygen atoms in total. The molecule has 0 bridgehead atoms. The quantitative estimate of drug-likeness (QED) is 0.834. The first-order valence-corrected chi connectivity index (χ1v) is 7.22. The molecule has 3 N–H and O–H groups in total. The van der Waals surface area contributed by atoms with Gasteiger partial charge in [-0.15, -0.1) is 0 Å². The minimum atomic E-state index is -0.0461. The average molecular weight is 283 g/mol. The fourth-order valence-electron chi connectivity index (χ4n) is 1.26. The van der Waals surface area contributed by atoms with Crippen LogP contribution in [0.4, 0.5) is 5.69 Å². The highest BCUT2D eigenvalue weighted by Gasteiger charge is 2.06. The Labute approximate surface area is 116 Å². The second-order valence-corrected chi connectivity index (χ2v) is 4.88. The number of carbonyl (C=O) groups is 1. The van der Waals surface area contributed by atoms with E-state index in [9.17, 15) is 4.79 Å². The number of nitrogens with one attached hydrogen (secondary N) is 1. The summed E-state index contributed by atoms with van der Waals surface area (Å²) in [7, 11) is 0. The molecule has 96 valence electrons. The number of rotatable bonds is 4. The van der Waals surface area contributed by atoms with Gasteiger partial charge in [0.2, 0.25) is 5.91 Å². The van der Waals surface area contributed by atoms with Crippen molar-refractivity contribution in [1.82, 2.24) is 0 Å². The van der Waals surface area contributed by atoms with E-state index >= 15 is 0 Å². The number of nitrogens with two attached hydrogens (primary N) is 1. The lowest BCUT2D eigenvalue weighted by Gasteiger charge is -2.07. The van der Waals surface area contributed by atoms with Crippen LogP contribution in [0.5, 0.6) is 0 Å². The van der Waals surface area contributed by atoms with E-state index in [2.05, 4.69) is 17.2 Å². The van der Waals surface area contributed by atoms with Gasteiger partial charge in [0.25, 0.3) is 0 Å². The Balaban J connectivity index is 2.77. The number of anilines is 1. The molecule has 0 aliphatic heterocycles. The number of benzene rings is 1. The molecule has 5 heteroatoms. The lowest BCUT2D eigenvalue weighted by Crippen LogP contribution is -2.12. The van der Waals surface area contributed by atoms with Crippen LogP contribution in [0.2, 0.25) is 5.02 Å². The Bertz CT molecular complexity index is 480. The smallest absolute Gasteiger partial charge is 0.225 e. The van der Waals surface area contributed by atoms with Crippen LogP contribution >= 0.6 is 23.4 Å². The number of amides is 1. The largest absolute Gasteiger partial charge is 0.325 e. The van der Waals surface area contributed by atoms with Gasteiger partial charge in [-0.25, -0.2) is 0 Å². The monoisotopic (exact) mass is 282 g/mol. The van der Waals surface area contributed by atoms with Gasteiger partial charge in [0.1, 0.15) is 0 Å². The highest BCUT2D eigenvalue weighted by molar-refractivity contribution is 7.98. The van der Waals surface area contributed by atoms with Gasteiger partial charge >= 0.3 is 0 Å². The molecule has 1 aromatic rings. The average Bonchev–Trinajstić information content (AvgIpc) is 2.37. The van der Waals surface area contributed by atoms with Crippen molar-refractivity contribution in [2.45, 2.75) is 6.42 Å². The molecule has 0 saturated heterocycles. The number of hydrogen-bond donors (Lipinski definition) is 2. The zero-order valence-corrected chi connectivity index (χ0v) is 11.7. The topological polar surface area (TPSA) is 55.1 Å². The van der Waals surface area contributed by atoms with E-state index in [1.807, 2.05) is 6.26 Å². The molecule has 1 rings (SSSR count). The third-order valence-electron chi connectivity index (χ3n) is 2.11. The van der Waals surface area contributed by atoms with Crippen molar-refractivity contribution in [3.63, 3.8) is 0 Å². The van der Waals surface area contributed by atoms with Crippen molar-refractivity contribution in [3.05, 3.63) is 28.8 Å². The van der Waals surface area contributed by atoms with Gasteiger partial charge in [0.15, 0.2) is 0 Å². The summed E-state index contributed by atoms with van der Waals surface area (Å²) in [4.78, 5) is 11.6. The zero-order chi connectivity index (χ0) is 13.4. The maximum absolute atomic E-state index is 11.6. The zero-order valence-electron chi connectivity index (χ0n) is 10.1. The molecule has 0 unspecified atom stereocenters. The van der Waals surface area contributed by atoms with Crippen LogP contribution in [0, 0.1) is 11.8 Å². The third kappa shape index (κ3) is 5.01. The fourth-order valence-corrected chi connectivity index (χ4v) is 1.81. The van der Waals surface area contributed by atoms with Crippen molar-refractivity contribution in [3.8, 4) is 11.8 Å². The minimum Gasteiger partial charge on any atom is -0.325 e.